The van der Waals surface area contributed by atoms with Crippen LogP contribution in [0, 0.1) is 17.3 Å². The quantitative estimate of drug-likeness (QED) is 0.707. The summed E-state index contributed by atoms with van der Waals surface area (Å²) in [6, 6.07) is 0. The maximum Gasteiger partial charge on any atom is 0.321 e. The molecule has 2 atom stereocenters. The smallest absolute Gasteiger partial charge is 0.321 e. The van der Waals surface area contributed by atoms with Crippen LogP contribution in [-0.2, 0) is 9.59 Å². The highest BCUT2D eigenvalue weighted by atomic mass is 16.4. The fourth-order valence-electron chi connectivity index (χ4n) is 3.39. The van der Waals surface area contributed by atoms with E-state index in [4.69, 9.17) is 10.2 Å². The van der Waals surface area contributed by atoms with Crippen molar-refractivity contribution in [1.82, 2.24) is 0 Å². The average Bonchev–Trinajstić information content (AvgIpc) is 2.27. The predicted octanol–water partition coefficient (Wildman–Crippen LogP) is 2.13. The van der Waals surface area contributed by atoms with Crippen LogP contribution >= 0.6 is 0 Å². The van der Waals surface area contributed by atoms with Gasteiger partial charge in [-0.3, -0.25) is 9.59 Å². The zero-order chi connectivity index (χ0) is 11.8. The molecule has 0 saturated heterocycles. The van der Waals surface area contributed by atoms with Crippen LogP contribution in [-0.4, -0.2) is 22.2 Å². The molecule has 2 fully saturated rings. The minimum Gasteiger partial charge on any atom is -0.480 e. The largest absolute Gasteiger partial charge is 0.480 e. The van der Waals surface area contributed by atoms with Crippen LogP contribution in [0.3, 0.4) is 0 Å². The van der Waals surface area contributed by atoms with Gasteiger partial charge in [0.25, 0.3) is 0 Å². The molecule has 2 aliphatic rings. The summed E-state index contributed by atoms with van der Waals surface area (Å²) in [5.41, 5.74) is -1.50. The van der Waals surface area contributed by atoms with Crippen molar-refractivity contribution >= 4 is 11.9 Å². The Labute approximate surface area is 94.7 Å². The Balaban J connectivity index is 2.18. The Morgan fingerprint density at radius 2 is 1.50 bits per heavy atom. The molecule has 2 saturated carbocycles. The molecular formula is C12H18O4. The summed E-state index contributed by atoms with van der Waals surface area (Å²) < 4.78 is 0. The molecule has 2 unspecified atom stereocenters. The Morgan fingerprint density at radius 3 is 2.06 bits per heavy atom. The van der Waals surface area contributed by atoms with E-state index >= 15 is 0 Å². The highest BCUT2D eigenvalue weighted by Crippen LogP contribution is 2.48. The maximum atomic E-state index is 11.2. The van der Waals surface area contributed by atoms with Crippen molar-refractivity contribution < 1.29 is 19.8 Å². The summed E-state index contributed by atoms with van der Waals surface area (Å²) in [5, 5.41) is 18.3. The number of carboxylic acids is 2. The third-order valence-electron chi connectivity index (χ3n) is 4.44. The normalized spacial score (nSPS) is 32.8. The molecule has 0 radical (unpaired) electrons. The van der Waals surface area contributed by atoms with Gasteiger partial charge in [-0.2, -0.15) is 0 Å². The number of rotatable bonds is 2. The number of carboxylic acid groups (broad SMARTS) is 2. The van der Waals surface area contributed by atoms with Crippen molar-refractivity contribution in [2.75, 3.05) is 0 Å². The van der Waals surface area contributed by atoms with Crippen LogP contribution in [0.5, 0.6) is 0 Å². The molecule has 0 aromatic heterocycles. The second kappa shape index (κ2) is 4.07. The van der Waals surface area contributed by atoms with E-state index in [2.05, 4.69) is 0 Å². The van der Waals surface area contributed by atoms with Crippen LogP contribution in [0.4, 0.5) is 0 Å². The van der Waals surface area contributed by atoms with Crippen LogP contribution < -0.4 is 0 Å². The minimum atomic E-state index is -1.50. The molecule has 0 aromatic carbocycles. The first-order valence-corrected chi connectivity index (χ1v) is 6.03. The minimum absolute atomic E-state index is 0.304. The molecule has 0 spiro atoms. The number of aliphatic carboxylic acids is 2. The lowest BCUT2D eigenvalue weighted by atomic mass is 9.61. The summed E-state index contributed by atoms with van der Waals surface area (Å²) in [7, 11) is 0. The van der Waals surface area contributed by atoms with Crippen LogP contribution in [0.2, 0.25) is 0 Å². The van der Waals surface area contributed by atoms with E-state index in [1.807, 2.05) is 0 Å². The van der Waals surface area contributed by atoms with Gasteiger partial charge in [-0.1, -0.05) is 25.7 Å². The third-order valence-corrected chi connectivity index (χ3v) is 4.44. The predicted molar refractivity (Wildman–Crippen MR) is 57.0 cm³/mol. The molecule has 4 nitrogen and oxygen atoms in total. The molecule has 90 valence electrons. The standard InChI is InChI=1S/C12H18O4/c13-10(14)12(11(15)16)6-5-8-3-1-2-4-9(8)7-12/h8-9H,1-7H2,(H,13,14)(H,15,16). The van der Waals surface area contributed by atoms with Crippen molar-refractivity contribution in [2.24, 2.45) is 17.3 Å². The van der Waals surface area contributed by atoms with E-state index in [9.17, 15) is 9.59 Å². The summed E-state index contributed by atoms with van der Waals surface area (Å²) in [4.78, 5) is 22.4. The topological polar surface area (TPSA) is 74.6 Å². The molecule has 0 aromatic rings. The molecule has 0 bridgehead atoms. The van der Waals surface area contributed by atoms with Gasteiger partial charge in [0.1, 0.15) is 0 Å². The number of carbonyl (C=O) groups is 2. The van der Waals surface area contributed by atoms with Crippen molar-refractivity contribution in [2.45, 2.75) is 44.9 Å². The van der Waals surface area contributed by atoms with Gasteiger partial charge in [-0.15, -0.1) is 0 Å². The lowest BCUT2D eigenvalue weighted by molar-refractivity contribution is -0.170. The summed E-state index contributed by atoms with van der Waals surface area (Å²) in [5.74, 6) is -1.41. The zero-order valence-corrected chi connectivity index (χ0v) is 9.32. The molecular weight excluding hydrogens is 208 g/mol. The molecule has 0 aliphatic heterocycles. The van der Waals surface area contributed by atoms with Crippen molar-refractivity contribution in [1.29, 1.82) is 0 Å². The van der Waals surface area contributed by atoms with E-state index in [1.54, 1.807) is 0 Å². The van der Waals surface area contributed by atoms with Crippen molar-refractivity contribution in [3.05, 3.63) is 0 Å². The highest BCUT2D eigenvalue weighted by molar-refractivity contribution is 5.98. The first kappa shape index (κ1) is 11.4. The fourth-order valence-corrected chi connectivity index (χ4v) is 3.39. The van der Waals surface area contributed by atoms with Crippen LogP contribution in [0.1, 0.15) is 44.9 Å². The van der Waals surface area contributed by atoms with E-state index in [0.29, 0.717) is 24.7 Å². The third kappa shape index (κ3) is 1.70. The molecule has 4 heteroatoms. The van der Waals surface area contributed by atoms with Gasteiger partial charge in [0, 0.05) is 0 Å². The van der Waals surface area contributed by atoms with Gasteiger partial charge < -0.3 is 10.2 Å². The van der Waals surface area contributed by atoms with Gasteiger partial charge in [-0.25, -0.2) is 0 Å². The summed E-state index contributed by atoms with van der Waals surface area (Å²) in [6.45, 7) is 0. The Morgan fingerprint density at radius 1 is 0.938 bits per heavy atom. The van der Waals surface area contributed by atoms with E-state index in [1.165, 1.54) is 6.42 Å². The lowest BCUT2D eigenvalue weighted by Crippen LogP contribution is -2.46. The summed E-state index contributed by atoms with van der Waals surface area (Å²) in [6.07, 6.45) is 5.90. The highest BCUT2D eigenvalue weighted by Gasteiger charge is 2.52. The van der Waals surface area contributed by atoms with Gasteiger partial charge in [0.2, 0.25) is 0 Å². The molecule has 2 aliphatic carbocycles. The maximum absolute atomic E-state index is 11.2. The molecule has 2 N–H and O–H groups in total. The monoisotopic (exact) mass is 226 g/mol. The van der Waals surface area contributed by atoms with E-state index < -0.39 is 17.4 Å². The lowest BCUT2D eigenvalue weighted by Gasteiger charge is -2.42. The van der Waals surface area contributed by atoms with Crippen molar-refractivity contribution in [3.8, 4) is 0 Å². The SMILES string of the molecule is O=C(O)C1(C(=O)O)CCC2CCCCC2C1. The molecule has 0 heterocycles. The Kier molecular flexibility index (Phi) is 2.91. The average molecular weight is 226 g/mol. The van der Waals surface area contributed by atoms with Crippen molar-refractivity contribution in [3.63, 3.8) is 0 Å². The number of hydrogen-bond donors (Lipinski definition) is 2. The molecule has 2 rings (SSSR count). The van der Waals surface area contributed by atoms with Crippen LogP contribution in [0.15, 0.2) is 0 Å². The van der Waals surface area contributed by atoms with Crippen LogP contribution in [0.25, 0.3) is 0 Å². The second-order valence-corrected chi connectivity index (χ2v) is 5.24. The first-order valence-electron chi connectivity index (χ1n) is 6.03. The Hall–Kier alpha value is -1.06. The van der Waals surface area contributed by atoms with Gasteiger partial charge in [0.05, 0.1) is 0 Å². The van der Waals surface area contributed by atoms with Gasteiger partial charge in [0.15, 0.2) is 5.41 Å². The molecule has 16 heavy (non-hydrogen) atoms. The van der Waals surface area contributed by atoms with E-state index in [-0.39, 0.29) is 0 Å². The van der Waals surface area contributed by atoms with Gasteiger partial charge >= 0.3 is 11.9 Å². The second-order valence-electron chi connectivity index (χ2n) is 5.24. The number of fused-ring (bicyclic) bond motifs is 1. The summed E-state index contributed by atoms with van der Waals surface area (Å²) >= 11 is 0. The molecule has 0 amide bonds. The van der Waals surface area contributed by atoms with Gasteiger partial charge in [-0.05, 0) is 31.1 Å². The number of hydrogen-bond acceptors (Lipinski definition) is 2. The first-order chi connectivity index (χ1) is 7.56. The Bertz CT molecular complexity index is 296. The zero-order valence-electron chi connectivity index (χ0n) is 9.32. The fraction of sp³-hybridized carbons (Fsp3) is 0.833. The van der Waals surface area contributed by atoms with E-state index in [0.717, 1.165) is 25.7 Å².